The molecule has 0 aromatic rings. The van der Waals surface area contributed by atoms with E-state index in [1.165, 1.54) is 6.42 Å². The van der Waals surface area contributed by atoms with Gasteiger partial charge in [0.2, 0.25) is 0 Å². The monoisotopic (exact) mass is 270 g/mol. The number of esters is 1. The molecular formula is C14H22O5. The summed E-state index contributed by atoms with van der Waals surface area (Å²) in [5.74, 6) is -1.24. The van der Waals surface area contributed by atoms with Gasteiger partial charge in [0.25, 0.3) is 0 Å². The first-order valence-corrected chi connectivity index (χ1v) is 6.65. The Morgan fingerprint density at radius 3 is 2.16 bits per heavy atom. The second-order valence-electron chi connectivity index (χ2n) is 5.63. The van der Waals surface area contributed by atoms with Crippen molar-refractivity contribution in [3.63, 3.8) is 0 Å². The van der Waals surface area contributed by atoms with Crippen molar-refractivity contribution in [1.82, 2.24) is 0 Å². The summed E-state index contributed by atoms with van der Waals surface area (Å²) >= 11 is 0. The molecule has 0 heterocycles. The Bertz CT molecular complexity index is 334. The van der Waals surface area contributed by atoms with Crippen LogP contribution in [0.1, 0.15) is 52.9 Å². The highest BCUT2D eigenvalue weighted by molar-refractivity contribution is 5.91. The Morgan fingerprint density at radius 2 is 1.58 bits per heavy atom. The topological polar surface area (TPSA) is 61.8 Å². The predicted octanol–water partition coefficient (Wildman–Crippen LogP) is 2.69. The Labute approximate surface area is 113 Å². The number of hydrogen-bond acceptors (Lipinski definition) is 5. The van der Waals surface area contributed by atoms with Crippen molar-refractivity contribution in [1.29, 1.82) is 0 Å². The van der Waals surface area contributed by atoms with E-state index in [9.17, 15) is 9.59 Å². The molecule has 0 unspecified atom stereocenters. The second-order valence-corrected chi connectivity index (χ2v) is 5.63. The summed E-state index contributed by atoms with van der Waals surface area (Å²) in [6.07, 6.45) is 7.23. The van der Waals surface area contributed by atoms with E-state index >= 15 is 0 Å². The average molecular weight is 270 g/mol. The van der Waals surface area contributed by atoms with Gasteiger partial charge in [-0.15, -0.1) is 0 Å². The molecule has 0 spiro atoms. The molecule has 1 rings (SSSR count). The van der Waals surface area contributed by atoms with Crippen LogP contribution in [-0.2, 0) is 24.1 Å². The summed E-state index contributed by atoms with van der Waals surface area (Å²) in [5, 5.41) is 0. The highest BCUT2D eigenvalue weighted by Crippen LogP contribution is 2.20. The van der Waals surface area contributed by atoms with E-state index in [-0.39, 0.29) is 6.10 Å². The van der Waals surface area contributed by atoms with Crippen molar-refractivity contribution < 1.29 is 24.1 Å². The second kappa shape index (κ2) is 7.28. The zero-order valence-electron chi connectivity index (χ0n) is 11.8. The maximum Gasteiger partial charge on any atom is 0.366 e. The molecule has 0 aliphatic heterocycles. The van der Waals surface area contributed by atoms with E-state index in [2.05, 4.69) is 4.89 Å². The summed E-state index contributed by atoms with van der Waals surface area (Å²) in [4.78, 5) is 32.0. The third kappa shape index (κ3) is 7.62. The van der Waals surface area contributed by atoms with Crippen LogP contribution in [0.5, 0.6) is 0 Å². The molecule has 0 amide bonds. The Kier molecular flexibility index (Phi) is 6.02. The lowest BCUT2D eigenvalue weighted by molar-refractivity contribution is -0.316. The third-order valence-corrected chi connectivity index (χ3v) is 2.56. The number of carbonyl (C=O) groups excluding carboxylic acids is 2. The van der Waals surface area contributed by atoms with E-state index in [0.717, 1.165) is 37.8 Å². The highest BCUT2D eigenvalue weighted by Gasteiger charge is 2.17. The Hall–Kier alpha value is -1.36. The molecule has 0 atom stereocenters. The number of hydrogen-bond donors (Lipinski definition) is 0. The van der Waals surface area contributed by atoms with Gasteiger partial charge in [-0.25, -0.2) is 9.59 Å². The maximum atomic E-state index is 11.5. The van der Waals surface area contributed by atoms with Gasteiger partial charge in [-0.3, -0.25) is 4.89 Å². The first kappa shape index (κ1) is 15.7. The average Bonchev–Trinajstić information content (AvgIpc) is 2.34. The fourth-order valence-corrected chi connectivity index (χ4v) is 1.72. The van der Waals surface area contributed by atoms with Gasteiger partial charge in [0, 0.05) is 12.2 Å². The number of ether oxygens (including phenoxy) is 1. The molecule has 0 N–H and O–H groups in total. The molecule has 1 aliphatic rings. The van der Waals surface area contributed by atoms with E-state index in [1.807, 2.05) is 0 Å². The summed E-state index contributed by atoms with van der Waals surface area (Å²) < 4.78 is 5.21. The molecule has 0 saturated heterocycles. The Morgan fingerprint density at radius 1 is 1.00 bits per heavy atom. The van der Waals surface area contributed by atoms with Gasteiger partial charge in [-0.1, -0.05) is 6.42 Å². The van der Waals surface area contributed by atoms with Gasteiger partial charge in [0.1, 0.15) is 11.7 Å². The van der Waals surface area contributed by atoms with Crippen LogP contribution in [0.3, 0.4) is 0 Å². The van der Waals surface area contributed by atoms with Gasteiger partial charge in [-0.2, -0.15) is 4.89 Å². The van der Waals surface area contributed by atoms with Crippen molar-refractivity contribution in [3.05, 3.63) is 12.2 Å². The van der Waals surface area contributed by atoms with Crippen LogP contribution in [-0.4, -0.2) is 23.6 Å². The molecule has 108 valence electrons. The minimum atomic E-state index is -0.726. The van der Waals surface area contributed by atoms with Crippen molar-refractivity contribution >= 4 is 11.9 Å². The minimum absolute atomic E-state index is 0.0206. The summed E-state index contributed by atoms with van der Waals surface area (Å²) in [6, 6.07) is 0. The molecule has 1 aliphatic carbocycles. The van der Waals surface area contributed by atoms with E-state index in [1.54, 1.807) is 20.8 Å². The lowest BCUT2D eigenvalue weighted by atomic mass is 9.98. The van der Waals surface area contributed by atoms with Gasteiger partial charge >= 0.3 is 11.9 Å². The minimum Gasteiger partial charge on any atom is -0.459 e. The van der Waals surface area contributed by atoms with Crippen LogP contribution >= 0.6 is 0 Å². The summed E-state index contributed by atoms with van der Waals surface area (Å²) in [7, 11) is 0. The molecular weight excluding hydrogens is 248 g/mol. The van der Waals surface area contributed by atoms with Gasteiger partial charge in [-0.05, 0) is 46.5 Å². The largest absolute Gasteiger partial charge is 0.459 e. The zero-order chi connectivity index (χ0) is 14.3. The van der Waals surface area contributed by atoms with Gasteiger partial charge in [0.15, 0.2) is 0 Å². The predicted molar refractivity (Wildman–Crippen MR) is 69.0 cm³/mol. The molecule has 0 aromatic heterocycles. The van der Waals surface area contributed by atoms with Gasteiger partial charge < -0.3 is 4.74 Å². The molecule has 0 aromatic carbocycles. The van der Waals surface area contributed by atoms with E-state index < -0.39 is 17.5 Å². The first-order chi connectivity index (χ1) is 8.87. The van der Waals surface area contributed by atoms with E-state index in [4.69, 9.17) is 9.62 Å². The van der Waals surface area contributed by atoms with Crippen molar-refractivity contribution in [2.45, 2.75) is 64.6 Å². The molecule has 19 heavy (non-hydrogen) atoms. The van der Waals surface area contributed by atoms with Crippen LogP contribution in [0.4, 0.5) is 0 Å². The smallest absolute Gasteiger partial charge is 0.366 e. The van der Waals surface area contributed by atoms with Crippen molar-refractivity contribution in [3.8, 4) is 0 Å². The van der Waals surface area contributed by atoms with Crippen molar-refractivity contribution in [2.75, 3.05) is 0 Å². The molecule has 1 fully saturated rings. The molecule has 1 saturated carbocycles. The molecule has 0 radical (unpaired) electrons. The molecule has 0 bridgehead atoms. The standard InChI is InChI=1S/C14H22O5/c1-14(2,3)19-18-13(16)10-9-12(15)17-11-7-5-4-6-8-11/h9-11H,4-8H2,1-3H3. The lowest BCUT2D eigenvalue weighted by Crippen LogP contribution is -2.21. The van der Waals surface area contributed by atoms with Crippen LogP contribution in [0, 0.1) is 0 Å². The van der Waals surface area contributed by atoms with Gasteiger partial charge in [0.05, 0.1) is 0 Å². The Balaban J connectivity index is 2.26. The van der Waals surface area contributed by atoms with Crippen LogP contribution in [0.2, 0.25) is 0 Å². The van der Waals surface area contributed by atoms with Crippen LogP contribution in [0.25, 0.3) is 0 Å². The fourth-order valence-electron chi connectivity index (χ4n) is 1.72. The quantitative estimate of drug-likeness (QED) is 0.340. The normalized spacial score (nSPS) is 17.4. The van der Waals surface area contributed by atoms with Crippen LogP contribution in [0.15, 0.2) is 12.2 Å². The summed E-state index contributed by atoms with van der Waals surface area (Å²) in [5.41, 5.74) is -0.577. The fraction of sp³-hybridized carbons (Fsp3) is 0.714. The number of rotatable bonds is 4. The number of carbonyl (C=O) groups is 2. The van der Waals surface area contributed by atoms with Crippen LogP contribution < -0.4 is 0 Å². The maximum absolute atomic E-state index is 11.5. The SMILES string of the molecule is CC(C)(C)OOC(=O)C=CC(=O)OC1CCCCC1. The van der Waals surface area contributed by atoms with E-state index in [0.29, 0.717) is 0 Å². The highest BCUT2D eigenvalue weighted by atomic mass is 17.2. The molecule has 5 nitrogen and oxygen atoms in total. The first-order valence-electron chi connectivity index (χ1n) is 6.65. The zero-order valence-corrected chi connectivity index (χ0v) is 11.8. The summed E-state index contributed by atoms with van der Waals surface area (Å²) in [6.45, 7) is 5.25. The lowest BCUT2D eigenvalue weighted by Gasteiger charge is -2.20. The molecule has 5 heteroatoms. The third-order valence-electron chi connectivity index (χ3n) is 2.56. The van der Waals surface area contributed by atoms with Crippen molar-refractivity contribution in [2.24, 2.45) is 0 Å².